The number of esters is 2. The summed E-state index contributed by atoms with van der Waals surface area (Å²) < 4.78 is 53.1. The summed E-state index contributed by atoms with van der Waals surface area (Å²) >= 11 is 5.84. The summed E-state index contributed by atoms with van der Waals surface area (Å²) in [4.78, 5) is 45.0. The van der Waals surface area contributed by atoms with Crippen LogP contribution in [0.15, 0.2) is 36.4 Å². The van der Waals surface area contributed by atoms with Crippen LogP contribution >= 0.6 is 11.6 Å². The summed E-state index contributed by atoms with van der Waals surface area (Å²) in [6.07, 6.45) is -6.72. The van der Waals surface area contributed by atoms with Crippen molar-refractivity contribution in [3.8, 4) is 11.5 Å². The molecule has 0 bridgehead atoms. The van der Waals surface area contributed by atoms with E-state index in [1.54, 1.807) is 0 Å². The van der Waals surface area contributed by atoms with Gasteiger partial charge in [0.15, 0.2) is 12.7 Å². The van der Waals surface area contributed by atoms with Crippen molar-refractivity contribution in [2.75, 3.05) is 6.61 Å². The van der Waals surface area contributed by atoms with Gasteiger partial charge >= 0.3 is 18.1 Å². The highest BCUT2D eigenvalue weighted by atomic mass is 35.5. The van der Waals surface area contributed by atoms with Gasteiger partial charge in [-0.1, -0.05) is 11.6 Å². The van der Waals surface area contributed by atoms with Gasteiger partial charge < -0.3 is 19.9 Å². The van der Waals surface area contributed by atoms with Crippen molar-refractivity contribution in [2.24, 2.45) is 5.73 Å². The summed E-state index contributed by atoms with van der Waals surface area (Å²) in [6.45, 7) is 0.430. The zero-order valence-electron chi connectivity index (χ0n) is 17.3. The Morgan fingerprint density at radius 3 is 2.41 bits per heavy atom. The van der Waals surface area contributed by atoms with Gasteiger partial charge in [-0.25, -0.2) is 4.79 Å². The lowest BCUT2D eigenvalue weighted by molar-refractivity contribution is -0.385. The predicted molar refractivity (Wildman–Crippen MR) is 109 cm³/mol. The van der Waals surface area contributed by atoms with E-state index in [4.69, 9.17) is 26.8 Å². The number of primary amides is 1. The molecular formula is C20H16ClF3N2O8. The van der Waals surface area contributed by atoms with Crippen molar-refractivity contribution in [2.45, 2.75) is 25.6 Å². The van der Waals surface area contributed by atoms with E-state index in [9.17, 15) is 37.7 Å². The second kappa shape index (κ2) is 10.8. The van der Waals surface area contributed by atoms with E-state index < -0.39 is 59.3 Å². The minimum absolute atomic E-state index is 0.0658. The topological polar surface area (TPSA) is 148 Å². The second-order valence-corrected chi connectivity index (χ2v) is 7.08. The molecule has 2 N–H and O–H groups in total. The van der Waals surface area contributed by atoms with Crippen LogP contribution in [-0.4, -0.2) is 35.5 Å². The van der Waals surface area contributed by atoms with Crippen LogP contribution in [0.3, 0.4) is 0 Å². The number of hydrogen-bond donors (Lipinski definition) is 1. The summed E-state index contributed by atoms with van der Waals surface area (Å²) in [7, 11) is 0. The summed E-state index contributed by atoms with van der Waals surface area (Å²) in [5.41, 5.74) is 3.18. The van der Waals surface area contributed by atoms with Crippen LogP contribution < -0.4 is 10.5 Å². The molecule has 1 amide bonds. The number of carbonyl (C=O) groups is 3. The van der Waals surface area contributed by atoms with Crippen molar-refractivity contribution in [1.29, 1.82) is 0 Å². The minimum Gasteiger partial charge on any atom is -0.456 e. The molecule has 0 fully saturated rings. The normalized spacial score (nSPS) is 11.9. The monoisotopic (exact) mass is 504 g/mol. The maximum Gasteiger partial charge on any atom is 0.416 e. The number of ether oxygens (including phenoxy) is 3. The first kappa shape index (κ1) is 26.4. The van der Waals surface area contributed by atoms with Gasteiger partial charge in [0, 0.05) is 11.6 Å². The van der Waals surface area contributed by atoms with E-state index in [-0.39, 0.29) is 22.1 Å². The first-order valence-electron chi connectivity index (χ1n) is 9.24. The summed E-state index contributed by atoms with van der Waals surface area (Å²) in [5, 5.41) is 10.9. The maximum absolute atomic E-state index is 12.8. The zero-order valence-corrected chi connectivity index (χ0v) is 18.0. The van der Waals surface area contributed by atoms with Gasteiger partial charge in [-0.2, -0.15) is 13.2 Å². The number of rotatable bonds is 9. The number of nitro benzene ring substituents is 1. The quantitative estimate of drug-likeness (QED) is 0.309. The van der Waals surface area contributed by atoms with Crippen LogP contribution in [0.2, 0.25) is 5.02 Å². The molecule has 14 heteroatoms. The van der Waals surface area contributed by atoms with Crippen molar-refractivity contribution < 1.29 is 46.7 Å². The lowest BCUT2D eigenvalue weighted by Gasteiger charge is -2.13. The number of nitro groups is 1. The second-order valence-electron chi connectivity index (χ2n) is 6.68. The van der Waals surface area contributed by atoms with Crippen LogP contribution in [0.25, 0.3) is 0 Å². The first-order valence-corrected chi connectivity index (χ1v) is 9.62. The molecule has 0 heterocycles. The SMILES string of the molecule is CC(OC(=O)Cc1cc(Oc2ccc(C(F)(F)F)cc2Cl)ccc1[N+](=O)[O-])C(=O)OCC(N)=O. The van der Waals surface area contributed by atoms with Gasteiger partial charge in [0.25, 0.3) is 11.6 Å². The van der Waals surface area contributed by atoms with E-state index in [1.807, 2.05) is 0 Å². The zero-order chi connectivity index (χ0) is 25.6. The molecule has 0 radical (unpaired) electrons. The molecule has 1 unspecified atom stereocenters. The molecular weight excluding hydrogens is 489 g/mol. The lowest BCUT2D eigenvalue weighted by Crippen LogP contribution is -2.30. The van der Waals surface area contributed by atoms with Crippen LogP contribution in [0.5, 0.6) is 11.5 Å². The van der Waals surface area contributed by atoms with Gasteiger partial charge in [0.1, 0.15) is 11.5 Å². The first-order chi connectivity index (χ1) is 15.8. The van der Waals surface area contributed by atoms with Gasteiger partial charge in [0.2, 0.25) is 0 Å². The number of halogens is 4. The van der Waals surface area contributed by atoms with E-state index in [0.717, 1.165) is 37.3 Å². The lowest BCUT2D eigenvalue weighted by atomic mass is 10.1. The predicted octanol–water partition coefficient (Wildman–Crippen LogP) is 3.56. The van der Waals surface area contributed by atoms with E-state index in [0.29, 0.717) is 6.07 Å². The Hall–Kier alpha value is -3.87. The fourth-order valence-electron chi connectivity index (χ4n) is 2.53. The number of carbonyl (C=O) groups excluding carboxylic acids is 3. The summed E-state index contributed by atoms with van der Waals surface area (Å²) in [6, 6.07) is 5.64. The molecule has 0 aliphatic carbocycles. The number of nitrogens with zero attached hydrogens (tertiary/aromatic N) is 1. The Bertz CT molecular complexity index is 1120. The number of amides is 1. The van der Waals surface area contributed by atoms with Crippen LogP contribution in [0.1, 0.15) is 18.1 Å². The van der Waals surface area contributed by atoms with Gasteiger partial charge in [-0.05, 0) is 37.3 Å². The van der Waals surface area contributed by atoms with Gasteiger partial charge in [0.05, 0.1) is 21.9 Å². The summed E-state index contributed by atoms with van der Waals surface area (Å²) in [5.74, 6) is -3.26. The van der Waals surface area contributed by atoms with Crippen LogP contribution in [0.4, 0.5) is 18.9 Å². The Morgan fingerprint density at radius 1 is 1.18 bits per heavy atom. The third-order valence-corrected chi connectivity index (χ3v) is 4.36. The number of alkyl halides is 3. The van der Waals surface area contributed by atoms with Crippen LogP contribution in [-0.2, 0) is 36.5 Å². The maximum atomic E-state index is 12.8. The minimum atomic E-state index is -4.62. The Balaban J connectivity index is 2.19. The molecule has 0 saturated carbocycles. The number of nitrogens with two attached hydrogens (primary N) is 1. The molecule has 2 rings (SSSR count). The Labute approximate surface area is 194 Å². The van der Waals surface area contributed by atoms with E-state index >= 15 is 0 Å². The smallest absolute Gasteiger partial charge is 0.416 e. The van der Waals surface area contributed by atoms with Crippen molar-refractivity contribution >= 4 is 35.1 Å². The van der Waals surface area contributed by atoms with Crippen LogP contribution in [0, 0.1) is 10.1 Å². The molecule has 2 aromatic carbocycles. The molecule has 2 aromatic rings. The Morgan fingerprint density at radius 2 is 1.85 bits per heavy atom. The van der Waals surface area contributed by atoms with Crippen molar-refractivity contribution in [1.82, 2.24) is 0 Å². The fourth-order valence-corrected chi connectivity index (χ4v) is 2.75. The fraction of sp³-hybridized carbons (Fsp3) is 0.250. The molecule has 1 atom stereocenters. The molecule has 10 nitrogen and oxygen atoms in total. The Kier molecular flexibility index (Phi) is 8.41. The molecule has 0 aromatic heterocycles. The van der Waals surface area contributed by atoms with E-state index in [1.165, 1.54) is 0 Å². The molecule has 0 aliphatic rings. The number of benzene rings is 2. The standard InChI is InChI=1S/C20H16ClF3N2O8/c1-10(19(29)32-9-17(25)27)33-18(28)7-11-6-13(3-4-15(11)26(30)31)34-16-5-2-12(8-14(16)21)20(22,23)24/h2-6,8,10H,7,9H2,1H3,(H2,25,27). The highest BCUT2D eigenvalue weighted by molar-refractivity contribution is 6.32. The number of hydrogen-bond acceptors (Lipinski definition) is 8. The molecule has 0 aliphatic heterocycles. The van der Waals surface area contributed by atoms with E-state index in [2.05, 4.69) is 4.74 Å². The largest absolute Gasteiger partial charge is 0.456 e. The molecule has 0 saturated heterocycles. The average Bonchev–Trinajstić information content (AvgIpc) is 2.72. The highest BCUT2D eigenvalue weighted by Gasteiger charge is 2.31. The van der Waals surface area contributed by atoms with Gasteiger partial charge in [-0.3, -0.25) is 19.7 Å². The highest BCUT2D eigenvalue weighted by Crippen LogP contribution is 2.37. The third kappa shape index (κ3) is 7.33. The van der Waals surface area contributed by atoms with Gasteiger partial charge in [-0.15, -0.1) is 0 Å². The molecule has 182 valence electrons. The van der Waals surface area contributed by atoms with Crippen molar-refractivity contribution in [3.63, 3.8) is 0 Å². The molecule has 0 spiro atoms. The third-order valence-electron chi connectivity index (χ3n) is 4.07. The average molecular weight is 505 g/mol. The van der Waals surface area contributed by atoms with Crippen molar-refractivity contribution in [3.05, 3.63) is 62.7 Å². The molecule has 34 heavy (non-hydrogen) atoms.